The van der Waals surface area contributed by atoms with Crippen LogP contribution in [0.1, 0.15) is 11.1 Å². The van der Waals surface area contributed by atoms with Crippen LogP contribution in [0.15, 0.2) is 54.6 Å². The average molecular weight is 313 g/mol. The first-order valence-corrected chi connectivity index (χ1v) is 7.69. The second-order valence-corrected chi connectivity index (χ2v) is 5.40. The first-order valence-electron chi connectivity index (χ1n) is 7.69. The van der Waals surface area contributed by atoms with E-state index in [-0.39, 0.29) is 12.5 Å². The Morgan fingerprint density at radius 2 is 1.74 bits per heavy atom. The number of rotatable bonds is 8. The van der Waals surface area contributed by atoms with E-state index in [9.17, 15) is 4.79 Å². The van der Waals surface area contributed by atoms with Crippen LogP contribution in [0.3, 0.4) is 0 Å². The molecule has 4 nitrogen and oxygen atoms in total. The van der Waals surface area contributed by atoms with Crippen LogP contribution in [-0.4, -0.2) is 37.7 Å². The minimum Gasteiger partial charge on any atom is -0.484 e. The van der Waals surface area contributed by atoms with E-state index in [1.54, 1.807) is 12.0 Å². The van der Waals surface area contributed by atoms with Gasteiger partial charge in [0.2, 0.25) is 0 Å². The van der Waals surface area contributed by atoms with E-state index in [0.29, 0.717) is 25.4 Å². The molecule has 2 aromatic rings. The summed E-state index contributed by atoms with van der Waals surface area (Å²) < 4.78 is 10.7. The van der Waals surface area contributed by atoms with Gasteiger partial charge >= 0.3 is 0 Å². The minimum absolute atomic E-state index is 0.0274. The van der Waals surface area contributed by atoms with Gasteiger partial charge in [-0.2, -0.15) is 0 Å². The van der Waals surface area contributed by atoms with Crippen molar-refractivity contribution in [3.8, 4) is 5.75 Å². The number of benzene rings is 2. The highest BCUT2D eigenvalue weighted by Crippen LogP contribution is 2.12. The molecule has 0 atom stereocenters. The molecule has 4 heteroatoms. The van der Waals surface area contributed by atoms with Crippen molar-refractivity contribution in [3.05, 3.63) is 65.7 Å². The summed E-state index contributed by atoms with van der Waals surface area (Å²) in [6.07, 6.45) is 0. The van der Waals surface area contributed by atoms with Crippen LogP contribution in [0.4, 0.5) is 0 Å². The quantitative estimate of drug-likeness (QED) is 0.752. The van der Waals surface area contributed by atoms with Crippen LogP contribution in [0.5, 0.6) is 5.75 Å². The monoisotopic (exact) mass is 313 g/mol. The van der Waals surface area contributed by atoms with E-state index in [1.165, 1.54) is 0 Å². The number of aryl methyl sites for hydroxylation is 1. The Balaban J connectivity index is 1.94. The fraction of sp³-hybridized carbons (Fsp3) is 0.316. The summed E-state index contributed by atoms with van der Waals surface area (Å²) in [6, 6.07) is 17.6. The van der Waals surface area contributed by atoms with E-state index >= 15 is 0 Å². The van der Waals surface area contributed by atoms with Gasteiger partial charge in [-0.3, -0.25) is 4.79 Å². The van der Waals surface area contributed by atoms with E-state index in [2.05, 4.69) is 0 Å². The summed E-state index contributed by atoms with van der Waals surface area (Å²) in [6.45, 7) is 3.64. The largest absolute Gasteiger partial charge is 0.484 e. The molecule has 23 heavy (non-hydrogen) atoms. The van der Waals surface area contributed by atoms with Gasteiger partial charge in [0.15, 0.2) is 6.61 Å². The van der Waals surface area contributed by atoms with Crippen LogP contribution >= 0.6 is 0 Å². The molecule has 122 valence electrons. The van der Waals surface area contributed by atoms with Gasteiger partial charge in [-0.15, -0.1) is 0 Å². The molecular formula is C19H23NO3. The fourth-order valence-electron chi connectivity index (χ4n) is 2.17. The number of methoxy groups -OCH3 is 1. The van der Waals surface area contributed by atoms with Gasteiger partial charge in [-0.05, 0) is 24.6 Å². The third kappa shape index (κ3) is 5.75. The Hall–Kier alpha value is -2.33. The van der Waals surface area contributed by atoms with Crippen LogP contribution < -0.4 is 4.74 Å². The molecule has 0 N–H and O–H groups in total. The lowest BCUT2D eigenvalue weighted by molar-refractivity contribution is -0.134. The molecule has 2 rings (SSSR count). The second kappa shape index (κ2) is 8.96. The number of nitrogens with zero attached hydrogens (tertiary/aromatic N) is 1. The van der Waals surface area contributed by atoms with Crippen molar-refractivity contribution in [2.24, 2.45) is 0 Å². The molecule has 0 aliphatic carbocycles. The average Bonchev–Trinajstić information content (AvgIpc) is 2.58. The summed E-state index contributed by atoms with van der Waals surface area (Å²) >= 11 is 0. The zero-order valence-corrected chi connectivity index (χ0v) is 13.7. The summed E-state index contributed by atoms with van der Waals surface area (Å²) in [5, 5.41) is 0. The summed E-state index contributed by atoms with van der Waals surface area (Å²) in [4.78, 5) is 14.2. The first-order chi connectivity index (χ1) is 11.2. The van der Waals surface area contributed by atoms with Gasteiger partial charge in [-0.1, -0.05) is 48.0 Å². The summed E-state index contributed by atoms with van der Waals surface area (Å²) in [5.74, 6) is 0.654. The lowest BCUT2D eigenvalue weighted by atomic mass is 10.2. The fourth-order valence-corrected chi connectivity index (χ4v) is 2.17. The maximum absolute atomic E-state index is 12.4. The highest BCUT2D eigenvalue weighted by atomic mass is 16.5. The second-order valence-electron chi connectivity index (χ2n) is 5.40. The molecule has 0 aromatic heterocycles. The van der Waals surface area contributed by atoms with E-state index < -0.39 is 0 Å². The number of amides is 1. The van der Waals surface area contributed by atoms with Gasteiger partial charge in [0.05, 0.1) is 6.61 Å². The Bertz CT molecular complexity index is 596. The van der Waals surface area contributed by atoms with Crippen molar-refractivity contribution in [3.63, 3.8) is 0 Å². The lowest BCUT2D eigenvalue weighted by Gasteiger charge is -2.22. The minimum atomic E-state index is -0.0496. The maximum atomic E-state index is 12.4. The van der Waals surface area contributed by atoms with Crippen LogP contribution in [0.2, 0.25) is 0 Å². The number of ether oxygens (including phenoxy) is 2. The van der Waals surface area contributed by atoms with Crippen molar-refractivity contribution in [2.45, 2.75) is 13.5 Å². The normalized spacial score (nSPS) is 10.3. The molecule has 0 heterocycles. The molecule has 0 aliphatic heterocycles. The molecule has 0 fully saturated rings. The molecule has 1 amide bonds. The van der Waals surface area contributed by atoms with Gasteiger partial charge in [0, 0.05) is 20.2 Å². The Labute approximate surface area is 137 Å². The van der Waals surface area contributed by atoms with Gasteiger partial charge in [0.25, 0.3) is 5.91 Å². The van der Waals surface area contributed by atoms with Crippen molar-refractivity contribution in [1.82, 2.24) is 4.90 Å². The zero-order chi connectivity index (χ0) is 16.5. The molecule has 2 aromatic carbocycles. The molecule has 0 saturated heterocycles. The standard InChI is InChI=1S/C19H23NO3/c1-16-8-10-18(11-9-16)23-15-19(21)20(12-13-22-2)14-17-6-4-3-5-7-17/h3-11H,12-15H2,1-2H3. The third-order valence-corrected chi connectivity index (χ3v) is 3.52. The number of hydrogen-bond acceptors (Lipinski definition) is 3. The van der Waals surface area contributed by atoms with Crippen LogP contribution in [0, 0.1) is 6.92 Å². The summed E-state index contributed by atoms with van der Waals surface area (Å²) in [5.41, 5.74) is 2.25. The predicted octanol–water partition coefficient (Wildman–Crippen LogP) is 3.05. The number of carbonyl (C=O) groups is 1. The van der Waals surface area contributed by atoms with Gasteiger partial charge < -0.3 is 14.4 Å². The maximum Gasteiger partial charge on any atom is 0.260 e. The lowest BCUT2D eigenvalue weighted by Crippen LogP contribution is -2.36. The SMILES string of the molecule is COCCN(Cc1ccccc1)C(=O)COc1ccc(C)cc1. The molecule has 0 radical (unpaired) electrons. The smallest absolute Gasteiger partial charge is 0.260 e. The van der Waals surface area contributed by atoms with Crippen LogP contribution in [-0.2, 0) is 16.1 Å². The van der Waals surface area contributed by atoms with E-state index in [0.717, 1.165) is 11.1 Å². The Morgan fingerprint density at radius 3 is 2.39 bits per heavy atom. The highest BCUT2D eigenvalue weighted by molar-refractivity contribution is 5.77. The molecule has 0 spiro atoms. The van der Waals surface area contributed by atoms with Crippen molar-refractivity contribution >= 4 is 5.91 Å². The Morgan fingerprint density at radius 1 is 1.04 bits per heavy atom. The van der Waals surface area contributed by atoms with Crippen molar-refractivity contribution < 1.29 is 14.3 Å². The first kappa shape index (κ1) is 17.0. The Kier molecular flexibility index (Phi) is 6.63. The number of carbonyl (C=O) groups excluding carboxylic acids is 1. The van der Waals surface area contributed by atoms with E-state index in [1.807, 2.05) is 61.5 Å². The van der Waals surface area contributed by atoms with E-state index in [4.69, 9.17) is 9.47 Å². The summed E-state index contributed by atoms with van der Waals surface area (Å²) in [7, 11) is 1.63. The molecular weight excluding hydrogens is 290 g/mol. The van der Waals surface area contributed by atoms with Gasteiger partial charge in [0.1, 0.15) is 5.75 Å². The van der Waals surface area contributed by atoms with Crippen LogP contribution in [0.25, 0.3) is 0 Å². The zero-order valence-electron chi connectivity index (χ0n) is 13.7. The topological polar surface area (TPSA) is 38.8 Å². The molecule has 0 unspecified atom stereocenters. The third-order valence-electron chi connectivity index (χ3n) is 3.52. The van der Waals surface area contributed by atoms with Gasteiger partial charge in [-0.25, -0.2) is 0 Å². The molecule has 0 saturated carbocycles. The molecule has 0 aliphatic rings. The molecule has 0 bridgehead atoms. The highest BCUT2D eigenvalue weighted by Gasteiger charge is 2.14. The predicted molar refractivity (Wildman–Crippen MR) is 90.4 cm³/mol. The number of hydrogen-bond donors (Lipinski definition) is 0. The van der Waals surface area contributed by atoms with Crippen molar-refractivity contribution in [2.75, 3.05) is 26.9 Å². The van der Waals surface area contributed by atoms with Crippen molar-refractivity contribution in [1.29, 1.82) is 0 Å².